The van der Waals surface area contributed by atoms with Crippen molar-refractivity contribution in [1.29, 1.82) is 0 Å². The van der Waals surface area contributed by atoms with Gasteiger partial charge in [0.1, 0.15) is 17.8 Å². The van der Waals surface area contributed by atoms with Crippen LogP contribution in [0.5, 0.6) is 11.5 Å². The van der Waals surface area contributed by atoms with E-state index in [-0.39, 0.29) is 27.8 Å². The van der Waals surface area contributed by atoms with Crippen molar-refractivity contribution in [3.63, 3.8) is 0 Å². The van der Waals surface area contributed by atoms with Crippen molar-refractivity contribution < 1.29 is 23.9 Å². The van der Waals surface area contributed by atoms with E-state index in [9.17, 15) is 14.1 Å². The van der Waals surface area contributed by atoms with Gasteiger partial charge in [0.25, 0.3) is 5.56 Å². The fourth-order valence-corrected chi connectivity index (χ4v) is 4.59. The van der Waals surface area contributed by atoms with E-state index in [1.165, 1.54) is 31.2 Å². The quantitative estimate of drug-likeness (QED) is 0.249. The first-order valence-electron chi connectivity index (χ1n) is 11.0. The first kappa shape index (κ1) is 26.3. The van der Waals surface area contributed by atoms with E-state index in [0.29, 0.717) is 40.2 Å². The monoisotopic (exact) mass is 542 g/mol. The third-order valence-electron chi connectivity index (χ3n) is 5.62. The molecule has 1 amide bonds. The lowest BCUT2D eigenvalue weighted by molar-refractivity contribution is 0.209. The van der Waals surface area contributed by atoms with Crippen LogP contribution in [0.2, 0.25) is 5.02 Å². The van der Waals surface area contributed by atoms with Crippen LogP contribution >= 0.6 is 11.6 Å². The first-order chi connectivity index (χ1) is 17.7. The Morgan fingerprint density at radius 2 is 1.97 bits per heavy atom. The van der Waals surface area contributed by atoms with E-state index in [1.54, 1.807) is 36.4 Å². The second kappa shape index (κ2) is 11.1. The van der Waals surface area contributed by atoms with E-state index >= 15 is 0 Å². The van der Waals surface area contributed by atoms with Gasteiger partial charge in [-0.05, 0) is 36.2 Å². The Kier molecular flexibility index (Phi) is 7.86. The van der Waals surface area contributed by atoms with E-state index in [2.05, 4.69) is 15.3 Å². The Bertz CT molecular complexity index is 1540. The number of ether oxygens (including phenoxy) is 2. The number of amides is 1. The summed E-state index contributed by atoms with van der Waals surface area (Å²) in [4.78, 5) is 33.4. The molecule has 0 aliphatic carbocycles. The fraction of sp³-hybridized carbons (Fsp3) is 0.200. The van der Waals surface area contributed by atoms with Gasteiger partial charge in [0.05, 0.1) is 19.2 Å². The smallest absolute Gasteiger partial charge is 0.409 e. The highest BCUT2D eigenvalue weighted by Crippen LogP contribution is 2.38. The summed E-state index contributed by atoms with van der Waals surface area (Å²) >= 11 is 5.13. The Morgan fingerprint density at radius 3 is 2.65 bits per heavy atom. The molecule has 4 aromatic rings. The maximum atomic E-state index is 13.8. The highest BCUT2D eigenvalue weighted by atomic mass is 35.5. The molecule has 2 heterocycles. The molecule has 0 saturated carbocycles. The van der Waals surface area contributed by atoms with Crippen LogP contribution in [0.1, 0.15) is 5.56 Å². The average molecular weight is 543 g/mol. The van der Waals surface area contributed by atoms with Crippen molar-refractivity contribution in [2.75, 3.05) is 25.8 Å². The lowest BCUT2D eigenvalue weighted by Gasteiger charge is -2.16. The molecule has 0 bridgehead atoms. The SMILES string of the molecule is COc1cc(OC)c(Cl)c(-c2cc3cnc([S+](C)[O-])nc3n(CCc3cccc(NC(=O)O)c3)c2=O)c1. The number of rotatable bonds is 8. The molecular weight excluding hydrogens is 520 g/mol. The van der Waals surface area contributed by atoms with Crippen molar-refractivity contribution in [2.24, 2.45) is 0 Å². The van der Waals surface area contributed by atoms with Crippen molar-refractivity contribution in [3.05, 3.63) is 69.6 Å². The summed E-state index contributed by atoms with van der Waals surface area (Å²) in [6.45, 7) is 0.200. The van der Waals surface area contributed by atoms with Crippen molar-refractivity contribution >= 4 is 45.6 Å². The minimum Gasteiger partial charge on any atom is -0.609 e. The van der Waals surface area contributed by atoms with Crippen LogP contribution in [0, 0.1) is 0 Å². The Labute approximate surface area is 220 Å². The number of fused-ring (bicyclic) bond motifs is 1. The molecule has 0 aliphatic rings. The molecule has 4 rings (SSSR count). The van der Waals surface area contributed by atoms with Gasteiger partial charge >= 0.3 is 11.2 Å². The number of carboxylic acid groups (broad SMARTS) is 1. The standard InChI is InChI=1S/C25H23ClN4O6S/c1-35-17-11-18(21(26)20(12-17)36-2)19-10-15-13-27-24(37(3)34)29-22(15)30(23(19)31)8-7-14-5-4-6-16(9-14)28-25(32)33/h4-6,9-13,28H,7-8H2,1-3H3,(H,32,33). The fourth-order valence-electron chi connectivity index (χ4n) is 3.89. The number of pyridine rings is 1. The van der Waals surface area contributed by atoms with Gasteiger partial charge in [0.15, 0.2) is 5.65 Å². The molecule has 37 heavy (non-hydrogen) atoms. The number of methoxy groups -OCH3 is 2. The average Bonchev–Trinajstić information content (AvgIpc) is 2.87. The number of hydrogen-bond acceptors (Lipinski definition) is 7. The Balaban J connectivity index is 1.87. The maximum absolute atomic E-state index is 13.8. The van der Waals surface area contributed by atoms with Crippen LogP contribution in [-0.4, -0.2) is 50.8 Å². The van der Waals surface area contributed by atoms with Gasteiger partial charge in [-0.1, -0.05) is 23.7 Å². The molecule has 2 N–H and O–H groups in total. The molecular formula is C25H23ClN4O6S. The largest absolute Gasteiger partial charge is 0.609 e. The van der Waals surface area contributed by atoms with Crippen LogP contribution in [0.4, 0.5) is 10.5 Å². The molecule has 2 aromatic heterocycles. The summed E-state index contributed by atoms with van der Waals surface area (Å²) in [7, 11) is 2.97. The summed E-state index contributed by atoms with van der Waals surface area (Å²) in [5.41, 5.74) is 1.85. The predicted octanol–water partition coefficient (Wildman–Crippen LogP) is 4.20. The van der Waals surface area contributed by atoms with E-state index in [1.807, 2.05) is 6.07 Å². The number of nitrogens with zero attached hydrogens (tertiary/aromatic N) is 3. The third kappa shape index (κ3) is 5.63. The van der Waals surface area contributed by atoms with E-state index in [4.69, 9.17) is 26.2 Å². The maximum Gasteiger partial charge on any atom is 0.409 e. The molecule has 1 atom stereocenters. The van der Waals surface area contributed by atoms with Crippen LogP contribution in [0.25, 0.3) is 22.2 Å². The van der Waals surface area contributed by atoms with Gasteiger partial charge in [-0.15, -0.1) is 0 Å². The number of hydrogen-bond donors (Lipinski definition) is 2. The highest BCUT2D eigenvalue weighted by molar-refractivity contribution is 7.90. The minimum absolute atomic E-state index is 0.0992. The normalized spacial score (nSPS) is 11.8. The molecule has 0 fully saturated rings. The highest BCUT2D eigenvalue weighted by Gasteiger charge is 2.20. The molecule has 0 spiro atoms. The lowest BCUT2D eigenvalue weighted by Crippen LogP contribution is -2.25. The van der Waals surface area contributed by atoms with Gasteiger partial charge in [-0.25, -0.2) is 4.79 Å². The zero-order chi connectivity index (χ0) is 26.7. The first-order valence-corrected chi connectivity index (χ1v) is 12.9. The van der Waals surface area contributed by atoms with Crippen LogP contribution in [0.3, 0.4) is 0 Å². The van der Waals surface area contributed by atoms with E-state index in [0.717, 1.165) is 5.56 Å². The van der Waals surface area contributed by atoms with Gasteiger partial charge in [-0.3, -0.25) is 14.7 Å². The van der Waals surface area contributed by atoms with Crippen LogP contribution in [-0.2, 0) is 24.1 Å². The molecule has 0 radical (unpaired) electrons. The molecule has 12 heteroatoms. The summed E-state index contributed by atoms with van der Waals surface area (Å²) in [6.07, 6.45) is 2.19. The van der Waals surface area contributed by atoms with Gasteiger partial charge in [0, 0.05) is 52.2 Å². The predicted molar refractivity (Wildman–Crippen MR) is 141 cm³/mol. The van der Waals surface area contributed by atoms with Gasteiger partial charge < -0.3 is 19.1 Å². The number of halogens is 1. The topological polar surface area (TPSA) is 139 Å². The summed E-state index contributed by atoms with van der Waals surface area (Å²) in [5.74, 6) is 0.802. The van der Waals surface area contributed by atoms with Gasteiger partial charge in [0.2, 0.25) is 0 Å². The Morgan fingerprint density at radius 1 is 1.19 bits per heavy atom. The number of aromatic nitrogens is 3. The number of nitrogens with one attached hydrogen (secondary N) is 1. The number of benzene rings is 2. The molecule has 1 unspecified atom stereocenters. The van der Waals surface area contributed by atoms with Crippen molar-refractivity contribution in [3.8, 4) is 22.6 Å². The third-order valence-corrected chi connectivity index (χ3v) is 6.72. The summed E-state index contributed by atoms with van der Waals surface area (Å²) in [5, 5.41) is 12.2. The van der Waals surface area contributed by atoms with Crippen LogP contribution < -0.4 is 20.3 Å². The van der Waals surface area contributed by atoms with Crippen molar-refractivity contribution in [2.45, 2.75) is 18.1 Å². The lowest BCUT2D eigenvalue weighted by atomic mass is 10.0. The molecule has 2 aromatic carbocycles. The summed E-state index contributed by atoms with van der Waals surface area (Å²) in [6, 6.07) is 11.8. The van der Waals surface area contributed by atoms with Crippen molar-refractivity contribution in [1.82, 2.24) is 14.5 Å². The number of carbonyl (C=O) groups is 1. The summed E-state index contributed by atoms with van der Waals surface area (Å²) < 4.78 is 24.3. The Hall–Kier alpha value is -3.80. The van der Waals surface area contributed by atoms with E-state index < -0.39 is 17.3 Å². The number of aryl methyl sites for hydroxylation is 2. The molecule has 0 aliphatic heterocycles. The molecule has 192 valence electrons. The van der Waals surface area contributed by atoms with Gasteiger partial charge in [-0.2, -0.15) is 9.97 Å². The number of anilines is 1. The van der Waals surface area contributed by atoms with Crippen LogP contribution in [0.15, 0.2) is 58.6 Å². The minimum atomic E-state index is -1.46. The molecule has 0 saturated heterocycles. The molecule has 10 nitrogen and oxygen atoms in total. The second-order valence-electron chi connectivity index (χ2n) is 7.97. The zero-order valence-corrected chi connectivity index (χ0v) is 21.7. The zero-order valence-electron chi connectivity index (χ0n) is 20.1. The second-order valence-corrected chi connectivity index (χ2v) is 9.62.